The molecule has 1 aliphatic heterocycles. The van der Waals surface area contributed by atoms with Gasteiger partial charge in [0, 0.05) is 38.3 Å². The fourth-order valence-electron chi connectivity index (χ4n) is 3.13. The Kier molecular flexibility index (Phi) is 5.76. The van der Waals surface area contributed by atoms with Crippen LogP contribution in [0.25, 0.3) is 0 Å². The van der Waals surface area contributed by atoms with Gasteiger partial charge in [0.2, 0.25) is 0 Å². The summed E-state index contributed by atoms with van der Waals surface area (Å²) in [4.78, 5) is 16.8. The van der Waals surface area contributed by atoms with E-state index in [-0.39, 0.29) is 12.5 Å². The minimum Gasteiger partial charge on any atom is -0.483 e. The van der Waals surface area contributed by atoms with Crippen molar-refractivity contribution in [3.05, 3.63) is 53.5 Å². The third kappa shape index (κ3) is 4.63. The van der Waals surface area contributed by atoms with Crippen molar-refractivity contribution >= 4 is 5.91 Å². The van der Waals surface area contributed by atoms with E-state index in [1.54, 1.807) is 12.5 Å². The molecule has 1 aromatic heterocycles. The molecule has 0 bridgehead atoms. The Balaban J connectivity index is 1.50. The van der Waals surface area contributed by atoms with Crippen molar-refractivity contribution in [2.75, 3.05) is 32.8 Å². The van der Waals surface area contributed by atoms with Crippen molar-refractivity contribution < 1.29 is 13.9 Å². The first-order chi connectivity index (χ1) is 12.1. The lowest BCUT2D eigenvalue weighted by atomic mass is 10.1. The van der Waals surface area contributed by atoms with Crippen molar-refractivity contribution in [3.63, 3.8) is 0 Å². The van der Waals surface area contributed by atoms with Crippen LogP contribution in [0.3, 0.4) is 0 Å². The van der Waals surface area contributed by atoms with Gasteiger partial charge in [-0.1, -0.05) is 12.1 Å². The Hall–Kier alpha value is -2.27. The molecule has 25 heavy (non-hydrogen) atoms. The number of hydrogen-bond acceptors (Lipinski definition) is 4. The van der Waals surface area contributed by atoms with E-state index in [4.69, 9.17) is 9.15 Å². The van der Waals surface area contributed by atoms with Crippen LogP contribution >= 0.6 is 0 Å². The van der Waals surface area contributed by atoms with Gasteiger partial charge in [0.25, 0.3) is 5.91 Å². The van der Waals surface area contributed by atoms with Gasteiger partial charge in [0.15, 0.2) is 6.61 Å². The van der Waals surface area contributed by atoms with Crippen molar-refractivity contribution in [2.45, 2.75) is 26.8 Å². The second-order valence-corrected chi connectivity index (χ2v) is 6.63. The molecule has 3 rings (SSSR count). The highest BCUT2D eigenvalue weighted by molar-refractivity contribution is 5.77. The minimum absolute atomic E-state index is 0.0612. The van der Waals surface area contributed by atoms with Crippen LogP contribution in [0.5, 0.6) is 5.75 Å². The number of ether oxygens (including phenoxy) is 1. The Labute approximate surface area is 149 Å². The van der Waals surface area contributed by atoms with Gasteiger partial charge in [-0.15, -0.1) is 0 Å². The summed E-state index contributed by atoms with van der Waals surface area (Å²) in [6, 6.07) is 7.92. The van der Waals surface area contributed by atoms with Crippen LogP contribution in [-0.4, -0.2) is 48.5 Å². The van der Waals surface area contributed by atoms with Gasteiger partial charge in [-0.25, -0.2) is 0 Å². The SMILES string of the molecule is Cc1cccc(OCC(=O)N2CCCN(Cc3ccoc3)CC2)c1C. The largest absolute Gasteiger partial charge is 0.483 e. The molecule has 2 aromatic rings. The smallest absolute Gasteiger partial charge is 0.260 e. The van der Waals surface area contributed by atoms with Gasteiger partial charge < -0.3 is 14.1 Å². The summed E-state index contributed by atoms with van der Waals surface area (Å²) in [7, 11) is 0. The van der Waals surface area contributed by atoms with Crippen LogP contribution in [-0.2, 0) is 11.3 Å². The fraction of sp³-hybridized carbons (Fsp3) is 0.450. The van der Waals surface area contributed by atoms with Gasteiger partial charge in [-0.3, -0.25) is 9.69 Å². The minimum atomic E-state index is 0.0612. The van der Waals surface area contributed by atoms with E-state index in [2.05, 4.69) is 4.90 Å². The summed E-state index contributed by atoms with van der Waals surface area (Å²) in [5.74, 6) is 0.857. The molecule has 0 N–H and O–H groups in total. The third-order valence-corrected chi connectivity index (χ3v) is 4.83. The van der Waals surface area contributed by atoms with Gasteiger partial charge in [0.05, 0.1) is 12.5 Å². The molecule has 134 valence electrons. The molecular formula is C20H26N2O3. The number of carbonyl (C=O) groups is 1. The number of rotatable bonds is 5. The zero-order chi connectivity index (χ0) is 17.6. The lowest BCUT2D eigenvalue weighted by molar-refractivity contribution is -0.133. The summed E-state index contributed by atoms with van der Waals surface area (Å²) in [5.41, 5.74) is 3.45. The highest BCUT2D eigenvalue weighted by Gasteiger charge is 2.20. The molecule has 1 amide bonds. The topological polar surface area (TPSA) is 45.9 Å². The molecule has 1 aliphatic rings. The predicted molar refractivity (Wildman–Crippen MR) is 96.6 cm³/mol. The molecule has 1 saturated heterocycles. The molecule has 5 heteroatoms. The zero-order valence-corrected chi connectivity index (χ0v) is 15.0. The molecule has 0 atom stereocenters. The normalized spacial score (nSPS) is 15.8. The second kappa shape index (κ2) is 8.21. The fourth-order valence-corrected chi connectivity index (χ4v) is 3.13. The molecular weight excluding hydrogens is 316 g/mol. The molecule has 0 unspecified atom stereocenters. The van der Waals surface area contributed by atoms with Crippen LogP contribution in [0, 0.1) is 13.8 Å². The van der Waals surface area contributed by atoms with Crippen molar-refractivity contribution in [1.29, 1.82) is 0 Å². The van der Waals surface area contributed by atoms with Crippen LogP contribution in [0.15, 0.2) is 41.2 Å². The quantitative estimate of drug-likeness (QED) is 0.838. The van der Waals surface area contributed by atoms with Crippen LogP contribution in [0.1, 0.15) is 23.1 Å². The van der Waals surface area contributed by atoms with Gasteiger partial charge in [0.1, 0.15) is 5.75 Å². The molecule has 0 spiro atoms. The Bertz CT molecular complexity index is 697. The molecule has 2 heterocycles. The van der Waals surface area contributed by atoms with Crippen molar-refractivity contribution in [2.24, 2.45) is 0 Å². The maximum absolute atomic E-state index is 12.5. The number of furan rings is 1. The standard InChI is InChI=1S/C20H26N2O3/c1-16-5-3-6-19(17(16)2)25-15-20(23)22-9-4-8-21(10-11-22)13-18-7-12-24-14-18/h3,5-7,12,14H,4,8-11,13,15H2,1-2H3. The van der Waals surface area contributed by atoms with Gasteiger partial charge in [-0.05, 0) is 43.5 Å². The van der Waals surface area contributed by atoms with E-state index in [1.807, 2.05) is 43.0 Å². The highest BCUT2D eigenvalue weighted by atomic mass is 16.5. The van der Waals surface area contributed by atoms with E-state index in [0.29, 0.717) is 0 Å². The molecule has 0 radical (unpaired) electrons. The maximum Gasteiger partial charge on any atom is 0.260 e. The van der Waals surface area contributed by atoms with E-state index < -0.39 is 0 Å². The Morgan fingerprint density at radius 3 is 2.84 bits per heavy atom. The van der Waals surface area contributed by atoms with Gasteiger partial charge in [-0.2, -0.15) is 0 Å². The van der Waals surface area contributed by atoms with E-state index in [1.165, 1.54) is 11.1 Å². The number of hydrogen-bond donors (Lipinski definition) is 0. The predicted octanol–water partition coefficient (Wildman–Crippen LogP) is 3.01. The Morgan fingerprint density at radius 1 is 1.16 bits per heavy atom. The summed E-state index contributed by atoms with van der Waals surface area (Å²) >= 11 is 0. The number of amides is 1. The average molecular weight is 342 g/mol. The van der Waals surface area contributed by atoms with E-state index in [0.717, 1.165) is 50.5 Å². The number of benzene rings is 1. The molecule has 0 aliphatic carbocycles. The van der Waals surface area contributed by atoms with Crippen LogP contribution in [0.2, 0.25) is 0 Å². The Morgan fingerprint density at radius 2 is 2.04 bits per heavy atom. The number of nitrogens with zero attached hydrogens (tertiary/aromatic N) is 2. The summed E-state index contributed by atoms with van der Waals surface area (Å²) in [6.45, 7) is 8.45. The first-order valence-corrected chi connectivity index (χ1v) is 8.83. The van der Waals surface area contributed by atoms with Crippen LogP contribution in [0.4, 0.5) is 0 Å². The summed E-state index contributed by atoms with van der Waals surface area (Å²) in [6.07, 6.45) is 4.46. The van der Waals surface area contributed by atoms with Crippen molar-refractivity contribution in [3.8, 4) is 5.75 Å². The monoisotopic (exact) mass is 342 g/mol. The summed E-state index contributed by atoms with van der Waals surface area (Å²) < 4.78 is 10.9. The first kappa shape index (κ1) is 17.5. The first-order valence-electron chi connectivity index (χ1n) is 8.83. The second-order valence-electron chi connectivity index (χ2n) is 6.63. The maximum atomic E-state index is 12.5. The molecule has 5 nitrogen and oxygen atoms in total. The molecule has 0 saturated carbocycles. The summed E-state index contributed by atoms with van der Waals surface area (Å²) in [5, 5.41) is 0. The number of carbonyl (C=O) groups excluding carboxylic acids is 1. The van der Waals surface area contributed by atoms with E-state index >= 15 is 0 Å². The zero-order valence-electron chi connectivity index (χ0n) is 15.0. The van der Waals surface area contributed by atoms with Crippen LogP contribution < -0.4 is 4.74 Å². The molecule has 1 aromatic carbocycles. The third-order valence-electron chi connectivity index (χ3n) is 4.83. The number of aryl methyl sites for hydroxylation is 1. The average Bonchev–Trinajstić information content (AvgIpc) is 3.00. The molecule has 1 fully saturated rings. The van der Waals surface area contributed by atoms with Gasteiger partial charge >= 0.3 is 0 Å². The lowest BCUT2D eigenvalue weighted by Gasteiger charge is -2.22. The van der Waals surface area contributed by atoms with Crippen molar-refractivity contribution in [1.82, 2.24) is 9.80 Å². The lowest BCUT2D eigenvalue weighted by Crippen LogP contribution is -2.38. The highest BCUT2D eigenvalue weighted by Crippen LogP contribution is 2.20. The van der Waals surface area contributed by atoms with E-state index in [9.17, 15) is 4.79 Å².